The molecule has 1 saturated heterocycles. The molecular weight excluding hydrogens is 357 g/mol. The lowest BCUT2D eigenvalue weighted by atomic mass is 9.87. The van der Waals surface area contributed by atoms with Crippen LogP contribution < -0.4 is 10.1 Å². The number of hydrogen-bond acceptors (Lipinski definition) is 5. The van der Waals surface area contributed by atoms with Gasteiger partial charge in [0, 0.05) is 36.8 Å². The number of phenolic OH excluding ortho intramolecular Hbond substituents is 1. The molecule has 148 valence electrons. The van der Waals surface area contributed by atoms with E-state index in [1.54, 1.807) is 25.3 Å². The fourth-order valence-electron chi connectivity index (χ4n) is 4.15. The second-order valence-corrected chi connectivity index (χ2v) is 7.70. The normalized spacial score (nSPS) is 22.1. The van der Waals surface area contributed by atoms with Crippen LogP contribution in [0.4, 0.5) is 4.39 Å². The predicted octanol–water partition coefficient (Wildman–Crippen LogP) is 3.49. The number of methoxy groups -OCH3 is 1. The highest BCUT2D eigenvalue weighted by Crippen LogP contribution is 2.40. The van der Waals surface area contributed by atoms with Crippen LogP contribution in [-0.4, -0.2) is 48.6 Å². The Kier molecular flexibility index (Phi) is 5.08. The SMILES string of the molecule is COc1cccc([C@@H]2CC(c3ccc(F)cc3)=NC3(CCN(C)CC3)N2)c1O. The highest BCUT2D eigenvalue weighted by molar-refractivity contribution is 6.01. The first-order valence-corrected chi connectivity index (χ1v) is 9.66. The van der Waals surface area contributed by atoms with Gasteiger partial charge in [0.2, 0.25) is 0 Å². The van der Waals surface area contributed by atoms with Gasteiger partial charge < -0.3 is 14.7 Å². The zero-order valence-electron chi connectivity index (χ0n) is 16.3. The van der Waals surface area contributed by atoms with Crippen molar-refractivity contribution in [2.75, 3.05) is 27.2 Å². The highest BCUT2D eigenvalue weighted by Gasteiger charge is 2.40. The van der Waals surface area contributed by atoms with Crippen LogP contribution in [-0.2, 0) is 0 Å². The number of rotatable bonds is 3. The minimum atomic E-state index is -0.380. The van der Waals surface area contributed by atoms with Gasteiger partial charge in [-0.1, -0.05) is 24.3 Å². The van der Waals surface area contributed by atoms with Gasteiger partial charge in [-0.2, -0.15) is 0 Å². The quantitative estimate of drug-likeness (QED) is 0.852. The lowest BCUT2D eigenvalue weighted by molar-refractivity contribution is 0.144. The second-order valence-electron chi connectivity index (χ2n) is 7.70. The number of piperidine rings is 1. The largest absolute Gasteiger partial charge is 0.504 e. The lowest BCUT2D eigenvalue weighted by Gasteiger charge is -2.44. The van der Waals surface area contributed by atoms with Crippen molar-refractivity contribution in [3.05, 3.63) is 59.4 Å². The summed E-state index contributed by atoms with van der Waals surface area (Å²) >= 11 is 0. The summed E-state index contributed by atoms with van der Waals surface area (Å²) in [6.45, 7) is 1.90. The van der Waals surface area contributed by atoms with Crippen LogP contribution >= 0.6 is 0 Å². The standard InChI is InChI=1S/C22H26FN3O2/c1-26-12-10-22(11-13-26)24-18(15-6-8-16(23)9-7-15)14-19(25-22)17-4-3-5-20(28-2)21(17)27/h3-9,19,25,27H,10-14H2,1-2H3/t19-/m0/s1. The predicted molar refractivity (Wildman–Crippen MR) is 108 cm³/mol. The maximum atomic E-state index is 13.4. The summed E-state index contributed by atoms with van der Waals surface area (Å²) in [5, 5.41) is 14.4. The number of nitrogens with zero attached hydrogens (tertiary/aromatic N) is 2. The van der Waals surface area contributed by atoms with Crippen molar-refractivity contribution >= 4 is 5.71 Å². The van der Waals surface area contributed by atoms with E-state index in [1.807, 2.05) is 12.1 Å². The van der Waals surface area contributed by atoms with E-state index in [9.17, 15) is 9.50 Å². The molecule has 0 aromatic heterocycles. The van der Waals surface area contributed by atoms with Gasteiger partial charge in [0.25, 0.3) is 0 Å². The summed E-state index contributed by atoms with van der Waals surface area (Å²) in [5.41, 5.74) is 2.28. The van der Waals surface area contributed by atoms with Gasteiger partial charge in [-0.05, 0) is 43.7 Å². The summed E-state index contributed by atoms with van der Waals surface area (Å²) in [5.74, 6) is 0.364. The van der Waals surface area contributed by atoms with E-state index in [4.69, 9.17) is 9.73 Å². The molecule has 6 heteroatoms. The van der Waals surface area contributed by atoms with E-state index < -0.39 is 0 Å². The Balaban J connectivity index is 1.74. The fourth-order valence-corrected chi connectivity index (χ4v) is 4.15. The van der Waals surface area contributed by atoms with Crippen LogP contribution in [0.25, 0.3) is 0 Å². The number of hydrogen-bond donors (Lipinski definition) is 2. The zero-order chi connectivity index (χ0) is 19.7. The van der Waals surface area contributed by atoms with Gasteiger partial charge in [0.1, 0.15) is 11.5 Å². The molecule has 0 unspecified atom stereocenters. The van der Waals surface area contributed by atoms with Crippen molar-refractivity contribution in [3.8, 4) is 11.5 Å². The van der Waals surface area contributed by atoms with Gasteiger partial charge in [-0.3, -0.25) is 10.3 Å². The van der Waals surface area contributed by atoms with Crippen molar-refractivity contribution in [3.63, 3.8) is 0 Å². The Bertz CT molecular complexity index is 874. The third-order valence-electron chi connectivity index (χ3n) is 5.81. The molecule has 2 N–H and O–H groups in total. The molecule has 2 aromatic rings. The third-order valence-corrected chi connectivity index (χ3v) is 5.81. The highest BCUT2D eigenvalue weighted by atomic mass is 19.1. The average Bonchev–Trinajstić information content (AvgIpc) is 2.71. The topological polar surface area (TPSA) is 57.1 Å². The van der Waals surface area contributed by atoms with E-state index in [2.05, 4.69) is 17.3 Å². The van der Waals surface area contributed by atoms with Gasteiger partial charge in [-0.25, -0.2) is 4.39 Å². The minimum absolute atomic E-state index is 0.101. The van der Waals surface area contributed by atoms with Crippen LogP contribution in [0.2, 0.25) is 0 Å². The first-order valence-electron chi connectivity index (χ1n) is 9.66. The lowest BCUT2D eigenvalue weighted by Crippen LogP contribution is -2.55. The van der Waals surface area contributed by atoms with E-state index in [0.29, 0.717) is 12.2 Å². The van der Waals surface area contributed by atoms with E-state index in [1.165, 1.54) is 12.1 Å². The molecule has 1 fully saturated rings. The van der Waals surface area contributed by atoms with Crippen molar-refractivity contribution in [1.82, 2.24) is 10.2 Å². The summed E-state index contributed by atoms with van der Waals surface area (Å²) in [6, 6.07) is 12.0. The van der Waals surface area contributed by atoms with Crippen LogP contribution in [0.3, 0.4) is 0 Å². The third kappa shape index (κ3) is 3.62. The molecule has 0 saturated carbocycles. The average molecular weight is 383 g/mol. The Morgan fingerprint density at radius 2 is 1.89 bits per heavy atom. The van der Waals surface area contributed by atoms with Gasteiger partial charge in [-0.15, -0.1) is 0 Å². The van der Waals surface area contributed by atoms with Crippen molar-refractivity contribution in [2.24, 2.45) is 4.99 Å². The number of para-hydroxylation sites is 1. The minimum Gasteiger partial charge on any atom is -0.504 e. The molecule has 1 spiro atoms. The summed E-state index contributed by atoms with van der Waals surface area (Å²) in [6.07, 6.45) is 2.38. The number of halogens is 1. The van der Waals surface area contributed by atoms with Crippen molar-refractivity contribution in [1.29, 1.82) is 0 Å². The summed E-state index contributed by atoms with van der Waals surface area (Å²) in [4.78, 5) is 7.40. The molecule has 0 radical (unpaired) electrons. The number of aliphatic imine (C=N–C) groups is 1. The molecule has 0 bridgehead atoms. The Morgan fingerprint density at radius 3 is 2.57 bits per heavy atom. The molecule has 1 atom stereocenters. The smallest absolute Gasteiger partial charge is 0.162 e. The number of ether oxygens (including phenoxy) is 1. The number of nitrogens with one attached hydrogen (secondary N) is 1. The molecule has 2 aliphatic heterocycles. The van der Waals surface area contributed by atoms with E-state index in [-0.39, 0.29) is 23.3 Å². The van der Waals surface area contributed by atoms with Crippen LogP contribution in [0.15, 0.2) is 47.5 Å². The first kappa shape index (κ1) is 18.9. The molecule has 4 rings (SSSR count). The molecule has 5 nitrogen and oxygen atoms in total. The monoisotopic (exact) mass is 383 g/mol. The van der Waals surface area contributed by atoms with Gasteiger partial charge in [0.15, 0.2) is 11.5 Å². The fraction of sp³-hybridized carbons (Fsp3) is 0.409. The molecule has 0 amide bonds. The Morgan fingerprint density at radius 1 is 1.18 bits per heavy atom. The van der Waals surface area contributed by atoms with Gasteiger partial charge in [0.05, 0.1) is 7.11 Å². The summed E-state index contributed by atoms with van der Waals surface area (Å²) < 4.78 is 18.7. The molecule has 28 heavy (non-hydrogen) atoms. The molecule has 0 aliphatic carbocycles. The molecule has 2 aliphatic rings. The van der Waals surface area contributed by atoms with E-state index in [0.717, 1.165) is 42.8 Å². The second kappa shape index (κ2) is 7.53. The number of benzene rings is 2. The van der Waals surface area contributed by atoms with Crippen LogP contribution in [0, 0.1) is 5.82 Å². The van der Waals surface area contributed by atoms with Gasteiger partial charge >= 0.3 is 0 Å². The molecule has 2 aromatic carbocycles. The van der Waals surface area contributed by atoms with Crippen molar-refractivity contribution < 1.29 is 14.2 Å². The van der Waals surface area contributed by atoms with Crippen LogP contribution in [0.5, 0.6) is 11.5 Å². The maximum absolute atomic E-state index is 13.4. The molecule has 2 heterocycles. The molecular formula is C22H26FN3O2. The van der Waals surface area contributed by atoms with Crippen molar-refractivity contribution in [2.45, 2.75) is 31.0 Å². The van der Waals surface area contributed by atoms with Crippen LogP contribution in [0.1, 0.15) is 36.4 Å². The number of phenols is 1. The summed E-state index contributed by atoms with van der Waals surface area (Å²) in [7, 11) is 3.67. The number of aromatic hydroxyl groups is 1. The zero-order valence-corrected chi connectivity index (χ0v) is 16.3. The maximum Gasteiger partial charge on any atom is 0.162 e. The Hall–Kier alpha value is -2.44. The number of likely N-dealkylation sites (tertiary alicyclic amines) is 1. The Labute approximate surface area is 164 Å². The van der Waals surface area contributed by atoms with E-state index >= 15 is 0 Å². The first-order chi connectivity index (χ1) is 13.5.